The van der Waals surface area contributed by atoms with E-state index in [9.17, 15) is 17.5 Å². The fraction of sp³-hybridized carbons (Fsp3) is 0.143. The molecule has 2 rings (SSSR count). The normalized spacial score (nSPS) is 18.1. The molecule has 8 heteroatoms. The topological polar surface area (TPSA) is 58.6 Å². The molecule has 1 unspecified atom stereocenters. The summed E-state index contributed by atoms with van der Waals surface area (Å²) in [4.78, 5) is -0.134. The first-order valence-corrected chi connectivity index (χ1v) is 4.54. The number of fused-ring (bicyclic) bond motifs is 1. The van der Waals surface area contributed by atoms with Crippen molar-refractivity contribution < 1.29 is 56.6 Å². The van der Waals surface area contributed by atoms with Gasteiger partial charge in [0, 0.05) is 4.90 Å². The van der Waals surface area contributed by atoms with Crippen LogP contribution < -0.4 is 39.0 Å². The van der Waals surface area contributed by atoms with Crippen LogP contribution in [0.4, 0.5) is 8.78 Å². The number of rotatable bonds is 1. The van der Waals surface area contributed by atoms with Gasteiger partial charge in [0.15, 0.2) is 11.5 Å². The van der Waals surface area contributed by atoms with Crippen molar-refractivity contribution in [3.05, 3.63) is 18.2 Å². The minimum Gasteiger partial charge on any atom is -0.768 e. The van der Waals surface area contributed by atoms with E-state index in [0.717, 1.165) is 18.2 Å². The Kier molecular flexibility index (Phi) is 3.72. The van der Waals surface area contributed by atoms with Gasteiger partial charge < -0.3 is 14.0 Å². The van der Waals surface area contributed by atoms with Crippen LogP contribution in [0.25, 0.3) is 0 Å². The number of halogens is 2. The Hall–Kier alpha value is -0.210. The second-order valence-corrected chi connectivity index (χ2v) is 3.45. The van der Waals surface area contributed by atoms with Crippen LogP contribution in [0.1, 0.15) is 0 Å². The SMILES string of the molecule is O=S([O-])c1ccc2c(c1)OC(F)(F)O2.[Na+]. The Morgan fingerprint density at radius 1 is 1.27 bits per heavy atom. The van der Waals surface area contributed by atoms with E-state index < -0.39 is 17.4 Å². The maximum Gasteiger partial charge on any atom is 1.00 e. The van der Waals surface area contributed by atoms with E-state index in [1.165, 1.54) is 0 Å². The monoisotopic (exact) mass is 244 g/mol. The van der Waals surface area contributed by atoms with Crippen molar-refractivity contribution in [3.8, 4) is 11.5 Å². The predicted molar refractivity (Wildman–Crippen MR) is 39.8 cm³/mol. The van der Waals surface area contributed by atoms with Gasteiger partial charge in [-0.25, -0.2) is 0 Å². The van der Waals surface area contributed by atoms with Crippen molar-refractivity contribution in [1.29, 1.82) is 0 Å². The van der Waals surface area contributed by atoms with Crippen molar-refractivity contribution in [2.75, 3.05) is 0 Å². The molecule has 0 amide bonds. The summed E-state index contributed by atoms with van der Waals surface area (Å²) in [6, 6.07) is 3.23. The summed E-state index contributed by atoms with van der Waals surface area (Å²) in [5.74, 6) is -0.457. The molecule has 1 heterocycles. The quantitative estimate of drug-likeness (QED) is 0.434. The van der Waals surface area contributed by atoms with E-state index >= 15 is 0 Å². The van der Waals surface area contributed by atoms with Crippen LogP contribution in [0.3, 0.4) is 0 Å². The third-order valence-electron chi connectivity index (χ3n) is 1.57. The molecule has 0 spiro atoms. The minimum atomic E-state index is -3.72. The average molecular weight is 244 g/mol. The molecule has 0 saturated carbocycles. The van der Waals surface area contributed by atoms with Crippen molar-refractivity contribution >= 4 is 11.1 Å². The second kappa shape index (κ2) is 4.34. The van der Waals surface area contributed by atoms with Gasteiger partial charge >= 0.3 is 35.9 Å². The van der Waals surface area contributed by atoms with Gasteiger partial charge in [-0.3, -0.25) is 4.21 Å². The largest absolute Gasteiger partial charge is 1.00 e. The Balaban J connectivity index is 0.00000112. The van der Waals surface area contributed by atoms with Crippen LogP contribution in [-0.4, -0.2) is 15.1 Å². The number of hydrogen-bond donors (Lipinski definition) is 0. The molecule has 1 atom stereocenters. The molecule has 1 aliphatic rings. The molecule has 0 N–H and O–H groups in total. The third-order valence-corrected chi connectivity index (χ3v) is 2.20. The molecule has 0 bridgehead atoms. The molecule has 0 fully saturated rings. The van der Waals surface area contributed by atoms with Crippen LogP contribution in [-0.2, 0) is 11.1 Å². The van der Waals surface area contributed by atoms with E-state index in [0.29, 0.717) is 0 Å². The summed E-state index contributed by atoms with van der Waals surface area (Å²) in [6.07, 6.45) is -3.72. The van der Waals surface area contributed by atoms with E-state index in [2.05, 4.69) is 9.47 Å². The van der Waals surface area contributed by atoms with Gasteiger partial charge in [-0.2, -0.15) is 0 Å². The van der Waals surface area contributed by atoms with Gasteiger partial charge in [0.1, 0.15) is 0 Å². The Morgan fingerprint density at radius 3 is 2.47 bits per heavy atom. The Bertz CT molecular complexity index is 412. The van der Waals surface area contributed by atoms with Gasteiger partial charge in [0.05, 0.1) is 0 Å². The van der Waals surface area contributed by atoms with Crippen LogP contribution >= 0.6 is 0 Å². The fourth-order valence-electron chi connectivity index (χ4n) is 1.03. The van der Waals surface area contributed by atoms with E-state index in [1.807, 2.05) is 0 Å². The fourth-order valence-corrected chi connectivity index (χ4v) is 1.42. The molecule has 0 aliphatic carbocycles. The van der Waals surface area contributed by atoms with Crippen LogP contribution in [0.5, 0.6) is 11.5 Å². The van der Waals surface area contributed by atoms with Crippen LogP contribution in [0, 0.1) is 0 Å². The summed E-state index contributed by atoms with van der Waals surface area (Å²) in [5.41, 5.74) is 0. The maximum atomic E-state index is 12.5. The number of alkyl halides is 2. The van der Waals surface area contributed by atoms with E-state index in [-0.39, 0.29) is 46.0 Å². The number of hydrogen-bond acceptors (Lipinski definition) is 4. The molecule has 15 heavy (non-hydrogen) atoms. The Morgan fingerprint density at radius 2 is 1.87 bits per heavy atom. The summed E-state index contributed by atoms with van der Waals surface area (Å²) >= 11 is -2.48. The van der Waals surface area contributed by atoms with Crippen molar-refractivity contribution in [2.45, 2.75) is 11.2 Å². The zero-order valence-corrected chi connectivity index (χ0v) is 10.3. The van der Waals surface area contributed by atoms with Gasteiger partial charge in [-0.05, 0) is 29.3 Å². The van der Waals surface area contributed by atoms with E-state index in [4.69, 9.17) is 0 Å². The van der Waals surface area contributed by atoms with E-state index in [1.54, 1.807) is 0 Å². The van der Waals surface area contributed by atoms with Crippen molar-refractivity contribution in [2.24, 2.45) is 0 Å². The van der Waals surface area contributed by atoms with Crippen molar-refractivity contribution in [1.82, 2.24) is 0 Å². The Labute approximate surface area is 108 Å². The van der Waals surface area contributed by atoms with Crippen LogP contribution in [0.2, 0.25) is 0 Å². The zero-order chi connectivity index (χ0) is 10.3. The van der Waals surface area contributed by atoms with Gasteiger partial charge in [-0.15, -0.1) is 8.78 Å². The first kappa shape index (κ1) is 12.9. The summed E-state index contributed by atoms with van der Waals surface area (Å²) in [6.45, 7) is 0. The molecular weight excluding hydrogens is 241 g/mol. The number of benzene rings is 1. The third kappa shape index (κ3) is 2.67. The summed E-state index contributed by atoms with van der Waals surface area (Å²) < 4.78 is 54.0. The molecule has 1 aliphatic heterocycles. The van der Waals surface area contributed by atoms with Gasteiger partial charge in [-0.1, -0.05) is 0 Å². The molecule has 0 saturated heterocycles. The standard InChI is InChI=1S/C7H4F2O4S.Na/c8-7(9)12-5-2-1-4(14(10)11)3-6(5)13-7;/h1-3H,(H,10,11);/q;+1/p-1. The van der Waals surface area contributed by atoms with Gasteiger partial charge in [0.2, 0.25) is 0 Å². The first-order chi connectivity index (χ1) is 6.48. The van der Waals surface area contributed by atoms with Crippen LogP contribution in [0.15, 0.2) is 23.1 Å². The first-order valence-electron chi connectivity index (χ1n) is 3.47. The molecule has 4 nitrogen and oxygen atoms in total. The molecular formula is C7H3F2NaO4S. The molecule has 1 aromatic carbocycles. The smallest absolute Gasteiger partial charge is 0.768 e. The summed E-state index contributed by atoms with van der Waals surface area (Å²) in [5, 5.41) is 0. The predicted octanol–water partition coefficient (Wildman–Crippen LogP) is -1.75. The molecule has 76 valence electrons. The van der Waals surface area contributed by atoms with Crippen molar-refractivity contribution in [3.63, 3.8) is 0 Å². The molecule has 0 radical (unpaired) electrons. The zero-order valence-electron chi connectivity index (χ0n) is 7.53. The molecule has 1 aromatic rings. The molecule has 0 aromatic heterocycles. The second-order valence-electron chi connectivity index (χ2n) is 2.51. The average Bonchev–Trinajstić information content (AvgIpc) is 2.36. The maximum absolute atomic E-state index is 12.5. The summed E-state index contributed by atoms with van der Waals surface area (Å²) in [7, 11) is 0. The number of ether oxygens (including phenoxy) is 2. The minimum absolute atomic E-state index is 0. The van der Waals surface area contributed by atoms with Gasteiger partial charge in [0.25, 0.3) is 0 Å².